The molecule has 0 saturated carbocycles. The lowest BCUT2D eigenvalue weighted by molar-refractivity contribution is 2.72. The lowest BCUT2D eigenvalue weighted by Crippen LogP contribution is -0.895. The monoisotopic (exact) mass is 214 g/mol. The van der Waals surface area contributed by atoms with Gasteiger partial charge in [-0.05, 0) is 4.99 Å². The summed E-state index contributed by atoms with van der Waals surface area (Å²) in [5.74, 6) is 0. The lowest BCUT2D eigenvalue weighted by Gasteiger charge is -1.27. The third-order valence-electron chi connectivity index (χ3n) is 0. The van der Waals surface area contributed by atoms with Crippen molar-refractivity contribution >= 4 is 53.2 Å². The van der Waals surface area contributed by atoms with E-state index < -0.39 is 0 Å². The van der Waals surface area contributed by atoms with Crippen molar-refractivity contribution in [2.45, 2.75) is 0 Å². The number of rotatable bonds is 0. The maximum atomic E-state index is 3.28. The van der Waals surface area contributed by atoms with Crippen LogP contribution in [0.25, 0.3) is 0 Å². The Labute approximate surface area is 64.7 Å². The minimum absolute atomic E-state index is 0. The molecule has 4 heteroatoms. The Hall–Kier alpha value is 1.09. The summed E-state index contributed by atoms with van der Waals surface area (Å²) in [5, 5.41) is 0. The SMILES string of the molecule is C=CBr.Cl.Cl.Cl. The van der Waals surface area contributed by atoms with Crippen LogP contribution in [0.3, 0.4) is 0 Å². The first-order chi connectivity index (χ1) is 1.41. The van der Waals surface area contributed by atoms with Crippen molar-refractivity contribution in [2.24, 2.45) is 0 Å². The fraction of sp³-hybridized carbons (Fsp3) is 0. The Morgan fingerprint density at radius 2 is 1.17 bits per heavy atom. The van der Waals surface area contributed by atoms with Crippen LogP contribution in [-0.4, -0.2) is 0 Å². The second-order valence-electron chi connectivity index (χ2n) is 0.154. The Bertz CT molecular complexity index is 16.3. The van der Waals surface area contributed by atoms with Crippen LogP contribution in [0.5, 0.6) is 0 Å². The first-order valence-corrected chi connectivity index (χ1v) is 1.54. The standard InChI is InChI=1S/C2H3Br.3ClH/c1-2-3;;;/h2H,1H2;3*1H. The molecule has 0 aromatic rings. The minimum Gasteiger partial charge on any atom is -0.147 e. The van der Waals surface area contributed by atoms with Crippen molar-refractivity contribution in [3.8, 4) is 0 Å². The smallest absolute Gasteiger partial charge is 0.0261 e. The van der Waals surface area contributed by atoms with E-state index in [1.54, 1.807) is 4.99 Å². The summed E-state index contributed by atoms with van der Waals surface area (Å²) in [4.78, 5) is 1.56. The summed E-state index contributed by atoms with van der Waals surface area (Å²) < 4.78 is 0. The highest BCUT2D eigenvalue weighted by molar-refractivity contribution is 9.11. The molecule has 0 nitrogen and oxygen atoms in total. The van der Waals surface area contributed by atoms with E-state index in [-0.39, 0.29) is 37.2 Å². The first-order valence-electron chi connectivity index (χ1n) is 0.626. The summed E-state index contributed by atoms with van der Waals surface area (Å²) in [5.41, 5.74) is 0. The van der Waals surface area contributed by atoms with Gasteiger partial charge in [0.05, 0.1) is 0 Å². The summed E-state index contributed by atoms with van der Waals surface area (Å²) >= 11 is 2.91. The molecular weight excluding hydrogens is 210 g/mol. The van der Waals surface area contributed by atoms with Crippen LogP contribution in [0.4, 0.5) is 0 Å². The molecule has 6 heavy (non-hydrogen) atoms. The third-order valence-corrected chi connectivity index (χ3v) is 0. The zero-order chi connectivity index (χ0) is 2.71. The van der Waals surface area contributed by atoms with Gasteiger partial charge in [0.25, 0.3) is 0 Å². The van der Waals surface area contributed by atoms with Gasteiger partial charge in [-0.1, -0.05) is 22.5 Å². The number of hydrogen-bond donors (Lipinski definition) is 0. The maximum Gasteiger partial charge on any atom is -0.0261 e. The molecule has 0 saturated heterocycles. The first kappa shape index (κ1) is 27.5. The van der Waals surface area contributed by atoms with Crippen molar-refractivity contribution in [1.29, 1.82) is 0 Å². The number of hydrogen-bond acceptors (Lipinski definition) is 0. The molecule has 0 fully saturated rings. The van der Waals surface area contributed by atoms with Crippen LogP contribution in [-0.2, 0) is 0 Å². The van der Waals surface area contributed by atoms with Crippen molar-refractivity contribution < 1.29 is 0 Å². The highest BCUT2D eigenvalue weighted by atomic mass is 79.9. The fourth-order valence-corrected chi connectivity index (χ4v) is 0. The highest BCUT2D eigenvalue weighted by Gasteiger charge is 1.18. The number of halogens is 4. The van der Waals surface area contributed by atoms with Crippen LogP contribution in [0.1, 0.15) is 0 Å². The Morgan fingerprint density at radius 3 is 1.17 bits per heavy atom. The summed E-state index contributed by atoms with van der Waals surface area (Å²) in [6.07, 6.45) is 0. The molecule has 0 radical (unpaired) electrons. The van der Waals surface area contributed by atoms with Gasteiger partial charge in [0, 0.05) is 0 Å². The van der Waals surface area contributed by atoms with Crippen LogP contribution in [0, 0.1) is 0 Å². The minimum atomic E-state index is 0. The predicted octanol–water partition coefficient (Wildman–Crippen LogP) is 2.79. The normalized spacial score (nSPS) is 2.17. The maximum absolute atomic E-state index is 3.28. The van der Waals surface area contributed by atoms with Gasteiger partial charge in [-0.2, -0.15) is 0 Å². The van der Waals surface area contributed by atoms with Crippen LogP contribution >= 0.6 is 53.2 Å². The molecule has 0 atom stereocenters. The van der Waals surface area contributed by atoms with E-state index >= 15 is 0 Å². The Balaban J connectivity index is -0.00000000667. The fourth-order valence-electron chi connectivity index (χ4n) is 0. The molecule has 0 N–H and O–H groups in total. The Kier molecular flexibility index (Phi) is 166. The van der Waals surface area contributed by atoms with E-state index in [4.69, 9.17) is 0 Å². The molecule has 0 heterocycles. The molecule has 0 aliphatic heterocycles. The molecule has 0 rings (SSSR count). The molecule has 0 unspecified atom stereocenters. The molecule has 0 amide bonds. The van der Waals surface area contributed by atoms with E-state index in [1.807, 2.05) is 0 Å². The van der Waals surface area contributed by atoms with Crippen LogP contribution in [0.2, 0.25) is 0 Å². The Morgan fingerprint density at radius 1 is 1.17 bits per heavy atom. The van der Waals surface area contributed by atoms with E-state index in [0.29, 0.717) is 0 Å². The van der Waals surface area contributed by atoms with E-state index in [2.05, 4.69) is 22.5 Å². The van der Waals surface area contributed by atoms with Crippen LogP contribution < -0.4 is 0 Å². The molecule has 0 aliphatic carbocycles. The van der Waals surface area contributed by atoms with Gasteiger partial charge in [0.15, 0.2) is 0 Å². The zero-order valence-corrected chi connectivity index (χ0v) is 6.92. The second kappa shape index (κ2) is 36.1. The summed E-state index contributed by atoms with van der Waals surface area (Å²) in [6, 6.07) is 0. The van der Waals surface area contributed by atoms with Crippen LogP contribution in [0.15, 0.2) is 11.6 Å². The van der Waals surface area contributed by atoms with E-state index in [9.17, 15) is 0 Å². The average Bonchev–Trinajstić information content (AvgIpc) is 0.918. The van der Waals surface area contributed by atoms with Gasteiger partial charge in [-0.25, -0.2) is 0 Å². The molecule has 0 bridgehead atoms. The third kappa shape index (κ3) is 71.7. The average molecular weight is 216 g/mol. The van der Waals surface area contributed by atoms with E-state index in [1.165, 1.54) is 0 Å². The molecule has 0 aromatic carbocycles. The van der Waals surface area contributed by atoms with Gasteiger partial charge >= 0.3 is 0 Å². The molecule has 42 valence electrons. The predicted molar refractivity (Wildman–Crippen MR) is 40.9 cm³/mol. The lowest BCUT2D eigenvalue weighted by atomic mass is 11.3. The summed E-state index contributed by atoms with van der Waals surface area (Å²) in [7, 11) is 0. The van der Waals surface area contributed by atoms with Crippen molar-refractivity contribution in [1.82, 2.24) is 0 Å². The molecular formula is C2H6BrCl3. The molecule has 0 spiro atoms. The van der Waals surface area contributed by atoms with Crippen molar-refractivity contribution in [3.05, 3.63) is 11.6 Å². The van der Waals surface area contributed by atoms with Gasteiger partial charge in [0.2, 0.25) is 0 Å². The molecule has 0 aliphatic rings. The van der Waals surface area contributed by atoms with E-state index in [0.717, 1.165) is 0 Å². The second-order valence-corrected chi connectivity index (χ2v) is 0.802. The van der Waals surface area contributed by atoms with Gasteiger partial charge < -0.3 is 0 Å². The quantitative estimate of drug-likeness (QED) is 0.584. The highest BCUT2D eigenvalue weighted by Crippen LogP contribution is 1.68. The zero-order valence-electron chi connectivity index (χ0n) is 2.89. The van der Waals surface area contributed by atoms with Gasteiger partial charge in [-0.15, -0.1) is 37.2 Å². The summed E-state index contributed by atoms with van der Waals surface area (Å²) in [6.45, 7) is 3.28. The molecule has 0 aromatic heterocycles. The van der Waals surface area contributed by atoms with Crippen molar-refractivity contribution in [2.75, 3.05) is 0 Å². The van der Waals surface area contributed by atoms with Gasteiger partial charge in [-0.3, -0.25) is 0 Å². The largest absolute Gasteiger partial charge is 0.147 e. The van der Waals surface area contributed by atoms with Gasteiger partial charge in [0.1, 0.15) is 0 Å². The topological polar surface area (TPSA) is 0 Å². The van der Waals surface area contributed by atoms with Crippen molar-refractivity contribution in [3.63, 3.8) is 0 Å².